The maximum atomic E-state index is 13.2. The van der Waals surface area contributed by atoms with Crippen LogP contribution in [0.2, 0.25) is 0 Å². The Morgan fingerprint density at radius 3 is 2.61 bits per heavy atom. The smallest absolute Gasteiger partial charge is 0.307 e. The number of amides is 1. The summed E-state index contributed by atoms with van der Waals surface area (Å²) < 4.78 is 5.66. The Morgan fingerprint density at radius 1 is 1.07 bits per heavy atom. The zero-order valence-corrected chi connectivity index (χ0v) is 15.8. The first-order valence-corrected chi connectivity index (χ1v) is 10.1. The summed E-state index contributed by atoms with van der Waals surface area (Å²) in [5, 5.41) is 1.03. The van der Waals surface area contributed by atoms with E-state index in [4.69, 9.17) is 4.74 Å². The lowest BCUT2D eigenvalue weighted by Gasteiger charge is -2.38. The van der Waals surface area contributed by atoms with E-state index in [9.17, 15) is 9.59 Å². The van der Waals surface area contributed by atoms with E-state index < -0.39 is 5.60 Å². The van der Waals surface area contributed by atoms with Crippen molar-refractivity contribution < 1.29 is 14.3 Å². The number of ether oxygens (including phenoxy) is 1. The minimum absolute atomic E-state index is 0.0833. The van der Waals surface area contributed by atoms with Crippen LogP contribution >= 0.6 is 0 Å². The van der Waals surface area contributed by atoms with Crippen molar-refractivity contribution in [2.24, 2.45) is 5.92 Å². The number of rotatable bonds is 2. The molecule has 1 aliphatic carbocycles. The number of para-hydroxylation sites is 1. The second-order valence-electron chi connectivity index (χ2n) is 8.03. The quantitative estimate of drug-likeness (QED) is 0.743. The van der Waals surface area contributed by atoms with Gasteiger partial charge in [-0.15, -0.1) is 0 Å². The third-order valence-corrected chi connectivity index (χ3v) is 6.48. The fourth-order valence-electron chi connectivity index (χ4n) is 5.03. The number of fused-ring (bicyclic) bond motifs is 1. The predicted octanol–water partition coefficient (Wildman–Crippen LogP) is 2.15. The second kappa shape index (κ2) is 6.72. The van der Waals surface area contributed by atoms with Gasteiger partial charge in [-0.1, -0.05) is 12.1 Å². The zero-order chi connectivity index (χ0) is 19.1. The monoisotopic (exact) mass is 380 g/mol. The van der Waals surface area contributed by atoms with Gasteiger partial charge in [0.05, 0.1) is 17.9 Å². The third kappa shape index (κ3) is 2.80. The molecule has 5 rings (SSSR count). The molecule has 3 fully saturated rings. The van der Waals surface area contributed by atoms with Gasteiger partial charge in [0.2, 0.25) is 5.91 Å². The van der Waals surface area contributed by atoms with Gasteiger partial charge in [-0.25, -0.2) is 9.97 Å². The van der Waals surface area contributed by atoms with E-state index in [0.717, 1.165) is 55.5 Å². The number of anilines is 1. The molecule has 28 heavy (non-hydrogen) atoms. The van der Waals surface area contributed by atoms with E-state index in [2.05, 4.69) is 14.9 Å². The molecule has 1 spiro atoms. The van der Waals surface area contributed by atoms with E-state index in [1.54, 1.807) is 6.33 Å². The predicted molar refractivity (Wildman–Crippen MR) is 104 cm³/mol. The molecule has 0 radical (unpaired) electrons. The molecule has 2 aliphatic heterocycles. The van der Waals surface area contributed by atoms with Gasteiger partial charge in [0.15, 0.2) is 0 Å². The zero-order valence-electron chi connectivity index (χ0n) is 15.8. The van der Waals surface area contributed by atoms with Crippen LogP contribution in [0.3, 0.4) is 0 Å². The van der Waals surface area contributed by atoms with Crippen molar-refractivity contribution in [3.8, 4) is 0 Å². The number of carbonyl (C=O) groups is 2. The van der Waals surface area contributed by atoms with Crippen LogP contribution in [0.4, 0.5) is 5.82 Å². The lowest BCUT2D eigenvalue weighted by Crippen LogP contribution is -2.53. The van der Waals surface area contributed by atoms with Crippen LogP contribution in [0.25, 0.3) is 10.9 Å². The molecule has 2 aromatic rings. The lowest BCUT2D eigenvalue weighted by molar-refractivity contribution is -0.151. The van der Waals surface area contributed by atoms with E-state index >= 15 is 0 Å². The maximum absolute atomic E-state index is 13.2. The fourth-order valence-corrected chi connectivity index (χ4v) is 5.03. The standard InChI is InChI=1S/C21H24N4O3/c26-18-13-16(21(28-18)7-3-4-8-21)20(27)25-11-9-24(10-12-25)19-15-5-1-2-6-17(15)22-14-23-19/h1-2,5-6,14,16H,3-4,7-13H2. The fraction of sp³-hybridized carbons (Fsp3) is 0.524. The number of hydrogen-bond acceptors (Lipinski definition) is 6. The second-order valence-corrected chi connectivity index (χ2v) is 8.03. The summed E-state index contributed by atoms with van der Waals surface area (Å²) in [6, 6.07) is 7.98. The van der Waals surface area contributed by atoms with E-state index in [-0.39, 0.29) is 24.2 Å². The van der Waals surface area contributed by atoms with Crippen molar-refractivity contribution >= 4 is 28.6 Å². The van der Waals surface area contributed by atoms with Crippen LogP contribution in [0.5, 0.6) is 0 Å². The van der Waals surface area contributed by atoms with Crippen LogP contribution in [-0.4, -0.2) is 58.5 Å². The highest BCUT2D eigenvalue weighted by molar-refractivity contribution is 5.90. The number of esters is 1. The number of nitrogens with zero attached hydrogens (tertiary/aromatic N) is 4. The number of piperazine rings is 1. The SMILES string of the molecule is O=C1CC(C(=O)N2CCN(c3ncnc4ccccc34)CC2)C2(CCCC2)O1. The minimum Gasteiger partial charge on any atom is -0.458 e. The molecule has 3 heterocycles. The average molecular weight is 380 g/mol. The summed E-state index contributed by atoms with van der Waals surface area (Å²) in [5.41, 5.74) is 0.393. The molecule has 1 unspecified atom stereocenters. The number of carbonyl (C=O) groups excluding carboxylic acids is 2. The van der Waals surface area contributed by atoms with Gasteiger partial charge in [-0.2, -0.15) is 0 Å². The van der Waals surface area contributed by atoms with Crippen LogP contribution in [0, 0.1) is 5.92 Å². The molecule has 1 amide bonds. The molecule has 2 saturated heterocycles. The molecule has 3 aliphatic rings. The van der Waals surface area contributed by atoms with E-state index in [1.165, 1.54) is 0 Å². The molecular weight excluding hydrogens is 356 g/mol. The van der Waals surface area contributed by atoms with Crippen molar-refractivity contribution in [2.75, 3.05) is 31.1 Å². The lowest BCUT2D eigenvalue weighted by atomic mass is 9.84. The molecule has 0 bridgehead atoms. The van der Waals surface area contributed by atoms with Crippen molar-refractivity contribution in [2.45, 2.75) is 37.7 Å². The van der Waals surface area contributed by atoms with Gasteiger partial charge in [0, 0.05) is 31.6 Å². The summed E-state index contributed by atoms with van der Waals surface area (Å²) in [6.07, 6.45) is 5.54. The van der Waals surface area contributed by atoms with Gasteiger partial charge in [-0.3, -0.25) is 9.59 Å². The summed E-state index contributed by atoms with van der Waals surface area (Å²) in [7, 11) is 0. The minimum atomic E-state index is -0.534. The molecule has 1 aromatic heterocycles. The van der Waals surface area contributed by atoms with E-state index in [1.807, 2.05) is 29.2 Å². The Bertz CT molecular complexity index is 912. The average Bonchev–Trinajstić information content (AvgIpc) is 3.33. The van der Waals surface area contributed by atoms with Gasteiger partial charge >= 0.3 is 5.97 Å². The molecule has 1 aromatic carbocycles. The molecule has 0 N–H and O–H groups in total. The first-order valence-electron chi connectivity index (χ1n) is 10.1. The molecule has 7 heteroatoms. The van der Waals surface area contributed by atoms with Crippen LogP contribution in [0.15, 0.2) is 30.6 Å². The van der Waals surface area contributed by atoms with Crippen LogP contribution in [0.1, 0.15) is 32.1 Å². The Morgan fingerprint density at radius 2 is 1.82 bits per heavy atom. The summed E-state index contributed by atoms with van der Waals surface area (Å²) in [5.74, 6) is 0.476. The Kier molecular flexibility index (Phi) is 4.18. The van der Waals surface area contributed by atoms with Crippen molar-refractivity contribution in [3.05, 3.63) is 30.6 Å². The number of aromatic nitrogens is 2. The first kappa shape index (κ1) is 17.4. The van der Waals surface area contributed by atoms with Gasteiger partial charge in [-0.05, 0) is 37.8 Å². The summed E-state index contributed by atoms with van der Waals surface area (Å²) in [4.78, 5) is 38.1. The molecule has 1 atom stereocenters. The molecule has 1 saturated carbocycles. The number of benzene rings is 1. The Balaban J connectivity index is 1.30. The van der Waals surface area contributed by atoms with Crippen LogP contribution in [-0.2, 0) is 14.3 Å². The normalized spacial score (nSPS) is 24.1. The first-order chi connectivity index (χ1) is 13.7. The summed E-state index contributed by atoms with van der Waals surface area (Å²) >= 11 is 0. The van der Waals surface area contributed by atoms with Crippen molar-refractivity contribution in [1.82, 2.24) is 14.9 Å². The van der Waals surface area contributed by atoms with Gasteiger partial charge < -0.3 is 14.5 Å². The molecule has 7 nitrogen and oxygen atoms in total. The Hall–Kier alpha value is -2.70. The van der Waals surface area contributed by atoms with Crippen molar-refractivity contribution in [3.63, 3.8) is 0 Å². The van der Waals surface area contributed by atoms with Crippen molar-refractivity contribution in [1.29, 1.82) is 0 Å². The number of hydrogen-bond donors (Lipinski definition) is 0. The summed E-state index contributed by atoms with van der Waals surface area (Å²) in [6.45, 7) is 2.72. The highest BCUT2D eigenvalue weighted by Gasteiger charge is 2.54. The van der Waals surface area contributed by atoms with E-state index in [0.29, 0.717) is 13.1 Å². The van der Waals surface area contributed by atoms with Crippen LogP contribution < -0.4 is 4.90 Å². The largest absolute Gasteiger partial charge is 0.458 e. The molecule has 146 valence electrons. The maximum Gasteiger partial charge on any atom is 0.307 e. The highest BCUT2D eigenvalue weighted by Crippen LogP contribution is 2.46. The Labute approximate surface area is 163 Å². The van der Waals surface area contributed by atoms with Gasteiger partial charge in [0.25, 0.3) is 0 Å². The third-order valence-electron chi connectivity index (χ3n) is 6.48. The van der Waals surface area contributed by atoms with Gasteiger partial charge in [0.1, 0.15) is 17.7 Å². The molecular formula is C21H24N4O3. The highest BCUT2D eigenvalue weighted by atomic mass is 16.6. The topological polar surface area (TPSA) is 75.6 Å².